The summed E-state index contributed by atoms with van der Waals surface area (Å²) in [6, 6.07) is 3.87. The number of piperidine rings is 1. The second-order valence-corrected chi connectivity index (χ2v) is 8.85. The molecule has 7 heteroatoms. The van der Waals surface area contributed by atoms with Crippen LogP contribution in [0.2, 0.25) is 0 Å². The minimum atomic E-state index is -3.62. The Labute approximate surface area is 155 Å². The van der Waals surface area contributed by atoms with Gasteiger partial charge in [-0.05, 0) is 69.7 Å². The van der Waals surface area contributed by atoms with Crippen molar-refractivity contribution in [3.63, 3.8) is 0 Å². The average molecular weight is 378 g/mol. The van der Waals surface area contributed by atoms with Crippen molar-refractivity contribution < 1.29 is 17.9 Å². The number of ether oxygens (including phenoxy) is 1. The first-order valence-electron chi connectivity index (χ1n) is 8.77. The van der Waals surface area contributed by atoms with E-state index < -0.39 is 22.1 Å². The van der Waals surface area contributed by atoms with Crippen LogP contribution >= 0.6 is 0 Å². The largest absolute Gasteiger partial charge is 0.447 e. The van der Waals surface area contributed by atoms with Crippen molar-refractivity contribution in [1.29, 1.82) is 5.26 Å². The second-order valence-electron chi connectivity index (χ2n) is 6.98. The molecule has 1 aliphatic rings. The maximum absolute atomic E-state index is 13.2. The lowest BCUT2D eigenvalue weighted by Crippen LogP contribution is -2.41. The molecule has 142 valence electrons. The molecule has 6 nitrogen and oxygen atoms in total. The number of aryl methyl sites for hydroxylation is 2. The third kappa shape index (κ3) is 3.92. The number of esters is 1. The van der Waals surface area contributed by atoms with E-state index in [9.17, 15) is 13.2 Å². The van der Waals surface area contributed by atoms with Crippen molar-refractivity contribution in [2.45, 2.75) is 58.5 Å². The third-order valence-electron chi connectivity index (χ3n) is 5.16. The van der Waals surface area contributed by atoms with Crippen molar-refractivity contribution in [1.82, 2.24) is 4.31 Å². The number of nitriles is 1. The Morgan fingerprint density at radius 1 is 1.19 bits per heavy atom. The minimum Gasteiger partial charge on any atom is -0.447 e. The predicted molar refractivity (Wildman–Crippen MR) is 98.0 cm³/mol. The molecule has 0 aromatic heterocycles. The topological polar surface area (TPSA) is 87.5 Å². The molecule has 0 amide bonds. The van der Waals surface area contributed by atoms with Crippen molar-refractivity contribution in [3.8, 4) is 6.07 Å². The molecule has 1 aliphatic heterocycles. The van der Waals surface area contributed by atoms with Gasteiger partial charge in [0.05, 0.1) is 10.8 Å². The molecule has 1 aromatic rings. The molecule has 0 unspecified atom stereocenters. The van der Waals surface area contributed by atoms with Gasteiger partial charge in [-0.25, -0.2) is 8.42 Å². The molecule has 1 saturated heterocycles. The SMILES string of the molecule is Cc1cc(C)c(C)c(S(=O)(=O)N2CCC(C(=O)O[C@H](C)C#N)CC2)c1C. The number of hydrogen-bond acceptors (Lipinski definition) is 5. The summed E-state index contributed by atoms with van der Waals surface area (Å²) in [5, 5.41) is 8.74. The minimum absolute atomic E-state index is 0.273. The maximum Gasteiger partial charge on any atom is 0.310 e. The van der Waals surface area contributed by atoms with Crippen molar-refractivity contribution in [2.75, 3.05) is 13.1 Å². The van der Waals surface area contributed by atoms with Crippen LogP contribution in [-0.4, -0.2) is 37.9 Å². The molecule has 0 radical (unpaired) electrons. The van der Waals surface area contributed by atoms with Crippen LogP contribution in [0.25, 0.3) is 0 Å². The summed E-state index contributed by atoms with van der Waals surface area (Å²) in [6.45, 7) is 9.57. The zero-order chi connectivity index (χ0) is 19.6. The van der Waals surface area contributed by atoms with Gasteiger partial charge in [-0.3, -0.25) is 4.79 Å². The van der Waals surface area contributed by atoms with Crippen LogP contribution in [0, 0.1) is 44.9 Å². The van der Waals surface area contributed by atoms with Crippen LogP contribution < -0.4 is 0 Å². The molecule has 0 N–H and O–H groups in total. The molecule has 0 saturated carbocycles. The third-order valence-corrected chi connectivity index (χ3v) is 7.33. The van der Waals surface area contributed by atoms with Crippen LogP contribution in [0.5, 0.6) is 0 Å². The second kappa shape index (κ2) is 7.77. The smallest absolute Gasteiger partial charge is 0.310 e. The molecule has 0 spiro atoms. The highest BCUT2D eigenvalue weighted by molar-refractivity contribution is 7.89. The lowest BCUT2D eigenvalue weighted by atomic mass is 9.98. The van der Waals surface area contributed by atoms with Gasteiger partial charge in [0.1, 0.15) is 6.07 Å². The summed E-state index contributed by atoms with van der Waals surface area (Å²) in [5.74, 6) is -0.784. The monoisotopic (exact) mass is 378 g/mol. The Hall–Kier alpha value is -1.91. The van der Waals surface area contributed by atoms with Gasteiger partial charge < -0.3 is 4.74 Å². The lowest BCUT2D eigenvalue weighted by molar-refractivity contribution is -0.152. The van der Waals surface area contributed by atoms with E-state index in [1.54, 1.807) is 0 Å². The average Bonchev–Trinajstić information content (AvgIpc) is 2.60. The Morgan fingerprint density at radius 3 is 2.15 bits per heavy atom. The number of carbonyl (C=O) groups is 1. The summed E-state index contributed by atoms with van der Waals surface area (Å²) in [5.41, 5.74) is 3.46. The van der Waals surface area contributed by atoms with E-state index in [-0.39, 0.29) is 19.0 Å². The standard InChI is InChI=1S/C19H26N2O4S/c1-12-10-13(2)16(5)18(15(12)4)26(23,24)21-8-6-17(7-9-21)19(22)25-14(3)11-20/h10,14,17H,6-9H2,1-5H3/t14-/m1/s1. The first-order valence-corrected chi connectivity index (χ1v) is 10.2. The maximum atomic E-state index is 13.2. The Bertz CT molecular complexity index is 821. The van der Waals surface area contributed by atoms with Gasteiger partial charge in [0, 0.05) is 13.1 Å². The highest BCUT2D eigenvalue weighted by Gasteiger charge is 2.35. The van der Waals surface area contributed by atoms with Gasteiger partial charge >= 0.3 is 5.97 Å². The van der Waals surface area contributed by atoms with Gasteiger partial charge in [-0.15, -0.1) is 0 Å². The predicted octanol–water partition coefficient (Wildman–Crippen LogP) is 2.78. The van der Waals surface area contributed by atoms with Gasteiger partial charge in [0.15, 0.2) is 6.10 Å². The molecular weight excluding hydrogens is 352 g/mol. The summed E-state index contributed by atoms with van der Waals surface area (Å²) in [7, 11) is -3.62. The Kier molecular flexibility index (Phi) is 6.09. The summed E-state index contributed by atoms with van der Waals surface area (Å²) in [4.78, 5) is 12.4. The van der Waals surface area contributed by atoms with Gasteiger partial charge in [0.2, 0.25) is 10.0 Å². The molecule has 1 fully saturated rings. The van der Waals surface area contributed by atoms with Crippen LogP contribution in [0.1, 0.15) is 42.0 Å². The van der Waals surface area contributed by atoms with Crippen molar-refractivity contribution >= 4 is 16.0 Å². The van der Waals surface area contributed by atoms with Gasteiger partial charge in [0.25, 0.3) is 0 Å². The van der Waals surface area contributed by atoms with E-state index in [1.165, 1.54) is 11.2 Å². The van der Waals surface area contributed by atoms with Crippen LogP contribution in [-0.2, 0) is 19.6 Å². The molecule has 1 aromatic carbocycles. The summed E-state index contributed by atoms with van der Waals surface area (Å²) >= 11 is 0. The van der Waals surface area contributed by atoms with E-state index in [0.717, 1.165) is 22.3 Å². The van der Waals surface area contributed by atoms with E-state index in [1.807, 2.05) is 39.8 Å². The molecule has 0 bridgehead atoms. The molecular formula is C19H26N2O4S. The molecule has 0 aliphatic carbocycles. The molecule has 2 rings (SSSR count). The molecule has 26 heavy (non-hydrogen) atoms. The first kappa shape index (κ1) is 20.4. The van der Waals surface area contributed by atoms with E-state index in [2.05, 4.69) is 0 Å². The number of sulfonamides is 1. The van der Waals surface area contributed by atoms with Crippen molar-refractivity contribution in [3.05, 3.63) is 28.3 Å². The quantitative estimate of drug-likeness (QED) is 0.752. The number of rotatable bonds is 4. The van der Waals surface area contributed by atoms with Crippen LogP contribution in [0.15, 0.2) is 11.0 Å². The van der Waals surface area contributed by atoms with Crippen LogP contribution in [0.4, 0.5) is 0 Å². The van der Waals surface area contributed by atoms with Gasteiger partial charge in [-0.2, -0.15) is 9.57 Å². The summed E-state index contributed by atoms with van der Waals surface area (Å²) < 4.78 is 32.9. The normalized spacial score (nSPS) is 17.5. The van der Waals surface area contributed by atoms with E-state index in [4.69, 9.17) is 10.00 Å². The van der Waals surface area contributed by atoms with Crippen LogP contribution in [0.3, 0.4) is 0 Å². The Morgan fingerprint density at radius 2 is 1.69 bits per heavy atom. The fourth-order valence-electron chi connectivity index (χ4n) is 3.33. The zero-order valence-electron chi connectivity index (χ0n) is 16.0. The summed E-state index contributed by atoms with van der Waals surface area (Å²) in [6.07, 6.45) is 0.0166. The lowest BCUT2D eigenvalue weighted by Gasteiger charge is -2.31. The van der Waals surface area contributed by atoms with Crippen molar-refractivity contribution in [2.24, 2.45) is 5.92 Å². The highest BCUT2D eigenvalue weighted by Crippen LogP contribution is 2.31. The number of nitrogens with zero attached hydrogens (tertiary/aromatic N) is 2. The van der Waals surface area contributed by atoms with E-state index in [0.29, 0.717) is 17.7 Å². The van der Waals surface area contributed by atoms with Gasteiger partial charge in [-0.1, -0.05) is 6.07 Å². The fourth-order valence-corrected chi connectivity index (χ4v) is 5.37. The number of benzene rings is 1. The Balaban J connectivity index is 2.20. The number of hydrogen-bond donors (Lipinski definition) is 0. The number of carbonyl (C=O) groups excluding carboxylic acids is 1. The first-order chi connectivity index (χ1) is 12.1. The molecule has 1 atom stereocenters. The fraction of sp³-hybridized carbons (Fsp3) is 0.579. The highest BCUT2D eigenvalue weighted by atomic mass is 32.2. The zero-order valence-corrected chi connectivity index (χ0v) is 16.8. The van der Waals surface area contributed by atoms with E-state index >= 15 is 0 Å². The molecule has 1 heterocycles.